The molecule has 1 unspecified atom stereocenters. The lowest BCUT2D eigenvalue weighted by Crippen LogP contribution is -2.46. The predicted molar refractivity (Wildman–Crippen MR) is 94.6 cm³/mol. The smallest absolute Gasteiger partial charge is 0.410 e. The van der Waals surface area contributed by atoms with Gasteiger partial charge in [0.25, 0.3) is 0 Å². The highest BCUT2D eigenvalue weighted by atomic mass is 16.6. The van der Waals surface area contributed by atoms with Crippen LogP contribution in [0.1, 0.15) is 56.9 Å². The number of rotatable bonds is 6. The fraction of sp³-hybridized carbons (Fsp3) is 0.632. The molecule has 0 aliphatic carbocycles. The monoisotopic (exact) mass is 348 g/mol. The molecule has 1 aromatic heterocycles. The fourth-order valence-corrected chi connectivity index (χ4v) is 2.85. The summed E-state index contributed by atoms with van der Waals surface area (Å²) in [5.41, 5.74) is -0.0828. The summed E-state index contributed by atoms with van der Waals surface area (Å²) in [6.45, 7) is 6.77. The first-order valence-electron chi connectivity index (χ1n) is 8.88. The van der Waals surface area contributed by atoms with Crippen LogP contribution >= 0.6 is 0 Å². The van der Waals surface area contributed by atoms with Gasteiger partial charge in [-0.2, -0.15) is 0 Å². The number of nitrogens with zero attached hydrogens (tertiary/aromatic N) is 2. The summed E-state index contributed by atoms with van der Waals surface area (Å²) in [6.07, 6.45) is 5.06. The minimum absolute atomic E-state index is 0.0101. The molecule has 1 saturated heterocycles. The van der Waals surface area contributed by atoms with E-state index in [4.69, 9.17) is 9.47 Å². The number of carbonyl (C=O) groups is 2. The van der Waals surface area contributed by atoms with Crippen molar-refractivity contribution in [3.63, 3.8) is 0 Å². The number of aromatic nitrogens is 1. The average molecular weight is 348 g/mol. The lowest BCUT2D eigenvalue weighted by Gasteiger charge is -2.36. The van der Waals surface area contributed by atoms with Crippen molar-refractivity contribution in [2.75, 3.05) is 19.8 Å². The second kappa shape index (κ2) is 8.94. The molecule has 138 valence electrons. The van der Waals surface area contributed by atoms with Gasteiger partial charge < -0.3 is 14.4 Å². The van der Waals surface area contributed by atoms with Gasteiger partial charge in [0.15, 0.2) is 0 Å². The van der Waals surface area contributed by atoms with E-state index >= 15 is 0 Å². The Labute approximate surface area is 149 Å². The second-order valence-electron chi connectivity index (χ2n) is 7.30. The third-order valence-electron chi connectivity index (χ3n) is 4.03. The first-order valence-corrected chi connectivity index (χ1v) is 8.88. The largest absolute Gasteiger partial charge is 0.444 e. The molecule has 1 aromatic rings. The number of carbonyl (C=O) groups excluding carboxylic acids is 2. The fourth-order valence-electron chi connectivity index (χ4n) is 2.85. The van der Waals surface area contributed by atoms with Gasteiger partial charge in [0, 0.05) is 25.4 Å². The maximum absolute atomic E-state index is 12.4. The van der Waals surface area contributed by atoms with Gasteiger partial charge in [0.2, 0.25) is 5.78 Å². The number of amides is 1. The Morgan fingerprint density at radius 2 is 2.08 bits per heavy atom. The number of likely N-dealkylation sites (tertiary alicyclic amines) is 1. The third kappa shape index (κ3) is 6.46. The number of piperidine rings is 1. The van der Waals surface area contributed by atoms with Crippen LogP contribution in [0.5, 0.6) is 0 Å². The molecular weight excluding hydrogens is 320 g/mol. The lowest BCUT2D eigenvalue weighted by molar-refractivity contribution is 0.00456. The van der Waals surface area contributed by atoms with E-state index < -0.39 is 5.60 Å². The molecule has 0 spiro atoms. The van der Waals surface area contributed by atoms with E-state index in [9.17, 15) is 9.59 Å². The molecule has 1 aliphatic heterocycles. The normalized spacial score (nSPS) is 18.0. The minimum Gasteiger partial charge on any atom is -0.444 e. The molecule has 2 rings (SSSR count). The van der Waals surface area contributed by atoms with E-state index in [0.29, 0.717) is 25.3 Å². The van der Waals surface area contributed by atoms with Crippen LogP contribution in [0.15, 0.2) is 24.4 Å². The molecule has 25 heavy (non-hydrogen) atoms. The molecule has 0 N–H and O–H groups in total. The highest BCUT2D eigenvalue weighted by Gasteiger charge is 2.30. The van der Waals surface area contributed by atoms with Gasteiger partial charge >= 0.3 is 6.09 Å². The van der Waals surface area contributed by atoms with Crippen molar-refractivity contribution in [1.29, 1.82) is 0 Å². The Kier molecular flexibility index (Phi) is 6.93. The highest BCUT2D eigenvalue weighted by Crippen LogP contribution is 2.22. The van der Waals surface area contributed by atoms with E-state index in [-0.39, 0.29) is 24.5 Å². The van der Waals surface area contributed by atoms with Crippen molar-refractivity contribution >= 4 is 11.9 Å². The molecule has 0 radical (unpaired) electrons. The zero-order valence-electron chi connectivity index (χ0n) is 15.4. The number of pyridine rings is 1. The SMILES string of the molecule is CC(C)(C)OC(=O)N1CCCCC1CCOCC(=O)c1ccccn1. The Morgan fingerprint density at radius 1 is 1.28 bits per heavy atom. The molecule has 6 heteroatoms. The number of hydrogen-bond acceptors (Lipinski definition) is 5. The average Bonchev–Trinajstić information content (AvgIpc) is 2.58. The lowest BCUT2D eigenvalue weighted by atomic mass is 10.0. The molecule has 6 nitrogen and oxygen atoms in total. The summed E-state index contributed by atoms with van der Waals surface area (Å²) < 4.78 is 11.0. The van der Waals surface area contributed by atoms with Crippen molar-refractivity contribution in [2.45, 2.75) is 58.1 Å². The van der Waals surface area contributed by atoms with Crippen LogP contribution in [0.25, 0.3) is 0 Å². The summed E-state index contributed by atoms with van der Waals surface area (Å²) in [5.74, 6) is -0.131. The molecule has 1 aliphatic rings. The van der Waals surface area contributed by atoms with Crippen LogP contribution in [-0.2, 0) is 9.47 Å². The van der Waals surface area contributed by atoms with E-state index in [1.54, 1.807) is 29.3 Å². The van der Waals surface area contributed by atoms with Crippen LogP contribution in [-0.4, -0.2) is 53.2 Å². The van der Waals surface area contributed by atoms with Crippen LogP contribution in [0.3, 0.4) is 0 Å². The van der Waals surface area contributed by atoms with E-state index in [2.05, 4.69) is 4.98 Å². The Morgan fingerprint density at radius 3 is 2.76 bits per heavy atom. The number of ketones is 1. The van der Waals surface area contributed by atoms with Crippen molar-refractivity contribution in [2.24, 2.45) is 0 Å². The molecule has 0 saturated carbocycles. The molecule has 1 fully saturated rings. The topological polar surface area (TPSA) is 68.7 Å². The van der Waals surface area contributed by atoms with Gasteiger partial charge in [-0.15, -0.1) is 0 Å². The predicted octanol–water partition coefficient (Wildman–Crippen LogP) is 3.46. The second-order valence-corrected chi connectivity index (χ2v) is 7.30. The summed E-state index contributed by atoms with van der Waals surface area (Å²) in [5, 5.41) is 0. The van der Waals surface area contributed by atoms with Crippen molar-refractivity contribution in [3.8, 4) is 0 Å². The van der Waals surface area contributed by atoms with Crippen LogP contribution in [0, 0.1) is 0 Å². The van der Waals surface area contributed by atoms with Gasteiger partial charge in [-0.05, 0) is 58.6 Å². The van der Waals surface area contributed by atoms with Gasteiger partial charge in [0.1, 0.15) is 17.9 Å². The number of Topliss-reactive ketones (excluding diaryl/α,β-unsaturated/α-hetero) is 1. The van der Waals surface area contributed by atoms with Crippen LogP contribution < -0.4 is 0 Å². The summed E-state index contributed by atoms with van der Waals surface area (Å²) in [6, 6.07) is 5.33. The highest BCUT2D eigenvalue weighted by molar-refractivity contribution is 5.95. The van der Waals surface area contributed by atoms with Gasteiger partial charge in [-0.1, -0.05) is 6.07 Å². The first-order chi connectivity index (χ1) is 11.9. The zero-order chi connectivity index (χ0) is 18.3. The minimum atomic E-state index is -0.495. The summed E-state index contributed by atoms with van der Waals surface area (Å²) in [4.78, 5) is 30.1. The Bertz CT molecular complexity index is 569. The van der Waals surface area contributed by atoms with Gasteiger partial charge in [-0.3, -0.25) is 9.78 Å². The molecule has 0 bridgehead atoms. The maximum atomic E-state index is 12.4. The summed E-state index contributed by atoms with van der Waals surface area (Å²) in [7, 11) is 0. The summed E-state index contributed by atoms with van der Waals surface area (Å²) >= 11 is 0. The number of hydrogen-bond donors (Lipinski definition) is 0. The molecule has 1 atom stereocenters. The zero-order valence-corrected chi connectivity index (χ0v) is 15.4. The Balaban J connectivity index is 1.77. The molecule has 1 amide bonds. The van der Waals surface area contributed by atoms with Crippen LogP contribution in [0.2, 0.25) is 0 Å². The Hall–Kier alpha value is -1.95. The van der Waals surface area contributed by atoms with Gasteiger partial charge in [-0.25, -0.2) is 4.79 Å². The van der Waals surface area contributed by atoms with Crippen LogP contribution in [0.4, 0.5) is 4.79 Å². The van der Waals surface area contributed by atoms with Crippen molar-refractivity contribution in [1.82, 2.24) is 9.88 Å². The molecular formula is C19H28N2O4. The van der Waals surface area contributed by atoms with E-state index in [1.807, 2.05) is 20.8 Å². The quantitative estimate of drug-likeness (QED) is 0.582. The van der Waals surface area contributed by atoms with E-state index in [0.717, 1.165) is 19.3 Å². The standard InChI is InChI=1S/C19H28N2O4/c1-19(2,3)25-18(23)21-12-7-5-8-15(21)10-13-24-14-17(22)16-9-4-6-11-20-16/h4,6,9,11,15H,5,7-8,10,12-14H2,1-3H3. The molecule has 2 heterocycles. The van der Waals surface area contributed by atoms with E-state index in [1.165, 1.54) is 0 Å². The maximum Gasteiger partial charge on any atom is 0.410 e. The van der Waals surface area contributed by atoms with Crippen molar-refractivity contribution in [3.05, 3.63) is 30.1 Å². The van der Waals surface area contributed by atoms with Crippen molar-refractivity contribution < 1.29 is 19.1 Å². The molecule has 0 aromatic carbocycles. The third-order valence-corrected chi connectivity index (χ3v) is 4.03. The first kappa shape index (κ1) is 19.4. The van der Waals surface area contributed by atoms with Gasteiger partial charge in [0.05, 0.1) is 0 Å². The number of ether oxygens (including phenoxy) is 2.